The number of likely N-dealkylation sites (tertiary alicyclic amines) is 2. The van der Waals surface area contributed by atoms with Crippen molar-refractivity contribution < 1.29 is 18.4 Å². The Labute approximate surface area is 144 Å². The van der Waals surface area contributed by atoms with Gasteiger partial charge in [0.2, 0.25) is 11.7 Å². The average Bonchev–Trinajstić information content (AvgIpc) is 3.36. The molecule has 6 nitrogen and oxygen atoms in total. The summed E-state index contributed by atoms with van der Waals surface area (Å²) < 4.78 is 28.8. The lowest BCUT2D eigenvalue weighted by Gasteiger charge is -2.42. The highest BCUT2D eigenvalue weighted by molar-refractivity contribution is 5.92. The van der Waals surface area contributed by atoms with Gasteiger partial charge in [0.15, 0.2) is 0 Å². The topological polar surface area (TPSA) is 66.4 Å². The molecule has 0 unspecified atom stereocenters. The molecule has 0 N–H and O–H groups in total. The van der Waals surface area contributed by atoms with Crippen molar-refractivity contribution in [2.24, 2.45) is 11.3 Å². The minimum absolute atomic E-state index is 0.0136. The van der Waals surface area contributed by atoms with Crippen molar-refractivity contribution in [1.29, 1.82) is 0 Å². The molecule has 1 aliphatic carbocycles. The van der Waals surface area contributed by atoms with Gasteiger partial charge in [0.05, 0.1) is 12.0 Å². The van der Waals surface area contributed by atoms with Gasteiger partial charge in [-0.2, -0.15) is 0 Å². The van der Waals surface area contributed by atoms with Gasteiger partial charge in [-0.15, -0.1) is 0 Å². The number of hydrogen-bond donors (Lipinski definition) is 0. The Morgan fingerprint density at radius 2 is 1.96 bits per heavy atom. The zero-order valence-electron chi connectivity index (χ0n) is 13.8. The highest BCUT2D eigenvalue weighted by Gasteiger charge is 2.58. The molecule has 3 fully saturated rings. The van der Waals surface area contributed by atoms with Crippen LogP contribution in [-0.4, -0.2) is 63.7 Å². The van der Waals surface area contributed by atoms with E-state index in [1.165, 1.54) is 12.4 Å². The van der Waals surface area contributed by atoms with Gasteiger partial charge in [0.1, 0.15) is 0 Å². The second kappa shape index (κ2) is 5.71. The maximum Gasteiger partial charge on any atom is 0.291 e. The normalized spacial score (nSPS) is 28.6. The van der Waals surface area contributed by atoms with Crippen LogP contribution in [0.15, 0.2) is 18.5 Å². The molecule has 134 valence electrons. The van der Waals surface area contributed by atoms with Gasteiger partial charge >= 0.3 is 0 Å². The number of hydrogen-bond acceptors (Lipinski definition) is 4. The Kier molecular flexibility index (Phi) is 3.73. The first kappa shape index (κ1) is 16.4. The molecule has 4 rings (SSSR count). The molecule has 25 heavy (non-hydrogen) atoms. The molecular weight excluding hydrogens is 330 g/mol. The van der Waals surface area contributed by atoms with Gasteiger partial charge in [-0.1, -0.05) is 0 Å². The summed E-state index contributed by atoms with van der Waals surface area (Å²) in [5.74, 6) is -3.57. The first-order valence-corrected chi connectivity index (χ1v) is 8.62. The van der Waals surface area contributed by atoms with Gasteiger partial charge in [-0.05, 0) is 31.2 Å². The molecule has 2 amide bonds. The SMILES string of the molecule is O=C(c1ncccn1)N1CC(F)(F)C[C@]2(CCN(CC3CC3)C2=O)C1. The van der Waals surface area contributed by atoms with Crippen molar-refractivity contribution in [1.82, 2.24) is 19.8 Å². The molecule has 3 heterocycles. The highest BCUT2D eigenvalue weighted by Crippen LogP contribution is 2.46. The minimum Gasteiger partial charge on any atom is -0.342 e. The van der Waals surface area contributed by atoms with Crippen LogP contribution in [0.2, 0.25) is 0 Å². The highest BCUT2D eigenvalue weighted by atomic mass is 19.3. The Bertz CT molecular complexity index is 695. The number of aromatic nitrogens is 2. The lowest BCUT2D eigenvalue weighted by molar-refractivity contribution is -0.151. The summed E-state index contributed by atoms with van der Waals surface area (Å²) in [7, 11) is 0. The van der Waals surface area contributed by atoms with E-state index < -0.39 is 30.2 Å². The summed E-state index contributed by atoms with van der Waals surface area (Å²) in [6, 6.07) is 1.55. The largest absolute Gasteiger partial charge is 0.342 e. The summed E-state index contributed by atoms with van der Waals surface area (Å²) in [6.45, 7) is 0.471. The summed E-state index contributed by atoms with van der Waals surface area (Å²) in [5, 5.41) is 0. The number of alkyl halides is 2. The maximum atomic E-state index is 14.4. The van der Waals surface area contributed by atoms with Crippen molar-refractivity contribution >= 4 is 11.8 Å². The number of piperidine rings is 1. The van der Waals surface area contributed by atoms with Gasteiger partial charge in [0, 0.05) is 38.4 Å². The van der Waals surface area contributed by atoms with Crippen molar-refractivity contribution in [2.75, 3.05) is 26.2 Å². The summed E-state index contributed by atoms with van der Waals surface area (Å²) >= 11 is 0. The number of rotatable bonds is 3. The summed E-state index contributed by atoms with van der Waals surface area (Å²) in [5.41, 5.74) is -1.18. The molecule has 8 heteroatoms. The van der Waals surface area contributed by atoms with Crippen LogP contribution in [0.1, 0.15) is 36.3 Å². The molecule has 0 aromatic carbocycles. The lowest BCUT2D eigenvalue weighted by Crippen LogP contribution is -2.57. The lowest BCUT2D eigenvalue weighted by atomic mass is 9.77. The Hall–Kier alpha value is -2.12. The molecule has 0 bridgehead atoms. The molecule has 1 aromatic heterocycles. The van der Waals surface area contributed by atoms with Gasteiger partial charge in [-0.3, -0.25) is 9.59 Å². The molecular formula is C17H20F2N4O2. The third-order valence-electron chi connectivity index (χ3n) is 5.33. The average molecular weight is 350 g/mol. The van der Waals surface area contributed by atoms with Crippen LogP contribution >= 0.6 is 0 Å². The second-order valence-corrected chi connectivity index (χ2v) is 7.49. The number of nitrogens with zero attached hydrogens (tertiary/aromatic N) is 4. The predicted octanol–water partition coefficient (Wildman–Crippen LogP) is 1.59. The van der Waals surface area contributed by atoms with Crippen LogP contribution in [0.25, 0.3) is 0 Å². The standard InChI is InChI=1S/C17H20F2N4O2/c18-17(19)9-16(4-7-22(15(16)25)8-12-2-3-12)10-23(11-17)14(24)13-20-5-1-6-21-13/h1,5-6,12H,2-4,7-11H2/t16-/m1/s1. The van der Waals surface area contributed by atoms with E-state index in [4.69, 9.17) is 0 Å². The van der Waals surface area contributed by atoms with Crippen LogP contribution in [-0.2, 0) is 4.79 Å². The predicted molar refractivity (Wildman–Crippen MR) is 83.9 cm³/mol. The third kappa shape index (κ3) is 3.09. The summed E-state index contributed by atoms with van der Waals surface area (Å²) in [4.78, 5) is 35.9. The van der Waals surface area contributed by atoms with E-state index in [2.05, 4.69) is 9.97 Å². The molecule has 2 saturated heterocycles. The van der Waals surface area contributed by atoms with Crippen molar-refractivity contribution in [3.63, 3.8) is 0 Å². The van der Waals surface area contributed by atoms with E-state index >= 15 is 0 Å². The van der Waals surface area contributed by atoms with Crippen LogP contribution in [0.5, 0.6) is 0 Å². The molecule has 0 radical (unpaired) electrons. The quantitative estimate of drug-likeness (QED) is 0.830. The fourth-order valence-corrected chi connectivity index (χ4v) is 3.99. The van der Waals surface area contributed by atoms with Crippen molar-refractivity contribution in [3.05, 3.63) is 24.3 Å². The molecule has 1 atom stereocenters. The van der Waals surface area contributed by atoms with E-state index in [-0.39, 0.29) is 18.3 Å². The summed E-state index contributed by atoms with van der Waals surface area (Å²) in [6.07, 6.45) is 4.88. The first-order valence-electron chi connectivity index (χ1n) is 8.62. The number of amides is 2. The molecule has 2 aliphatic heterocycles. The number of carbonyl (C=O) groups excluding carboxylic acids is 2. The van der Waals surface area contributed by atoms with E-state index in [0.29, 0.717) is 25.4 Å². The fourth-order valence-electron chi connectivity index (χ4n) is 3.99. The van der Waals surface area contributed by atoms with Crippen LogP contribution in [0.4, 0.5) is 8.78 Å². The second-order valence-electron chi connectivity index (χ2n) is 7.49. The molecule has 1 spiro atoms. The van der Waals surface area contributed by atoms with E-state index in [1.54, 1.807) is 11.0 Å². The Balaban J connectivity index is 1.57. The molecule has 3 aliphatic rings. The number of carbonyl (C=O) groups is 2. The van der Waals surface area contributed by atoms with Gasteiger partial charge < -0.3 is 9.80 Å². The molecule has 1 aromatic rings. The van der Waals surface area contributed by atoms with Crippen LogP contribution < -0.4 is 0 Å². The van der Waals surface area contributed by atoms with E-state index in [1.807, 2.05) is 0 Å². The maximum absolute atomic E-state index is 14.4. The third-order valence-corrected chi connectivity index (χ3v) is 5.33. The minimum atomic E-state index is -3.09. The van der Waals surface area contributed by atoms with E-state index in [0.717, 1.165) is 17.7 Å². The number of halogens is 2. The van der Waals surface area contributed by atoms with Crippen molar-refractivity contribution in [3.8, 4) is 0 Å². The van der Waals surface area contributed by atoms with Gasteiger partial charge in [0.25, 0.3) is 11.8 Å². The van der Waals surface area contributed by atoms with Crippen LogP contribution in [0, 0.1) is 11.3 Å². The monoisotopic (exact) mass is 350 g/mol. The van der Waals surface area contributed by atoms with Crippen LogP contribution in [0.3, 0.4) is 0 Å². The zero-order chi connectivity index (χ0) is 17.7. The first-order chi connectivity index (χ1) is 11.9. The Morgan fingerprint density at radius 1 is 1.24 bits per heavy atom. The zero-order valence-corrected chi connectivity index (χ0v) is 13.8. The fraction of sp³-hybridized carbons (Fsp3) is 0.647. The van der Waals surface area contributed by atoms with Crippen molar-refractivity contribution in [2.45, 2.75) is 31.6 Å². The smallest absolute Gasteiger partial charge is 0.291 e. The molecule has 1 saturated carbocycles. The Morgan fingerprint density at radius 3 is 2.64 bits per heavy atom. The van der Waals surface area contributed by atoms with E-state index in [9.17, 15) is 18.4 Å². The van der Waals surface area contributed by atoms with Gasteiger partial charge in [-0.25, -0.2) is 18.7 Å².